The van der Waals surface area contributed by atoms with E-state index in [1.54, 1.807) is 6.92 Å². The van der Waals surface area contributed by atoms with Crippen molar-refractivity contribution in [1.82, 2.24) is 4.90 Å². The maximum absolute atomic E-state index is 12.7. The van der Waals surface area contributed by atoms with Crippen LogP contribution < -0.4 is 11.1 Å². The summed E-state index contributed by atoms with van der Waals surface area (Å²) in [5, 5.41) is 2.26. The molecule has 1 aromatic carbocycles. The Hall–Kier alpha value is -1.76. The molecule has 0 fully saturated rings. The molecule has 0 saturated carbocycles. The summed E-state index contributed by atoms with van der Waals surface area (Å²) in [7, 11) is 0. The molecule has 1 aromatic rings. The third-order valence-electron chi connectivity index (χ3n) is 2.54. The van der Waals surface area contributed by atoms with Crippen LogP contribution in [0.5, 0.6) is 0 Å². The summed E-state index contributed by atoms with van der Waals surface area (Å²) < 4.78 is 38.2. The van der Waals surface area contributed by atoms with E-state index in [1.165, 1.54) is 23.1 Å². The number of rotatable bonds is 4. The maximum atomic E-state index is 12.7. The second kappa shape index (κ2) is 6.42. The van der Waals surface area contributed by atoms with Gasteiger partial charge in [-0.25, -0.2) is 4.79 Å². The lowest BCUT2D eigenvalue weighted by molar-refractivity contribution is -0.136. The number of nitrogens with zero attached hydrogens (tertiary/aromatic N) is 1. The number of anilines is 1. The predicted molar refractivity (Wildman–Crippen MR) is 66.8 cm³/mol. The summed E-state index contributed by atoms with van der Waals surface area (Å²) in [6.45, 7) is 2.64. The number of alkyl halides is 3. The van der Waals surface area contributed by atoms with E-state index in [1.807, 2.05) is 0 Å². The van der Waals surface area contributed by atoms with Crippen molar-refractivity contribution in [2.75, 3.05) is 25.0 Å². The molecule has 7 heteroatoms. The van der Waals surface area contributed by atoms with Gasteiger partial charge in [-0.3, -0.25) is 0 Å². The molecule has 0 radical (unpaired) electrons. The van der Waals surface area contributed by atoms with Gasteiger partial charge in [0.25, 0.3) is 0 Å². The lowest BCUT2D eigenvalue weighted by Crippen LogP contribution is -2.38. The van der Waals surface area contributed by atoms with Crippen LogP contribution in [-0.4, -0.2) is 30.6 Å². The molecule has 1 rings (SSSR count). The number of nitrogens with one attached hydrogen (secondary N) is 1. The fourth-order valence-corrected chi connectivity index (χ4v) is 1.59. The van der Waals surface area contributed by atoms with Gasteiger partial charge in [0.2, 0.25) is 0 Å². The molecule has 3 N–H and O–H groups in total. The molecule has 2 amide bonds. The van der Waals surface area contributed by atoms with Gasteiger partial charge in [0.15, 0.2) is 0 Å². The van der Waals surface area contributed by atoms with E-state index < -0.39 is 17.8 Å². The molecule has 0 aliphatic rings. The number of nitrogens with two attached hydrogens (primary N) is 1. The Bertz CT molecular complexity index is 434. The number of urea groups is 1. The molecule has 0 aromatic heterocycles. The first-order valence-electron chi connectivity index (χ1n) is 5.82. The standard InChI is InChI=1S/C12H16F3N3O/c1-2-18(8-7-16)11(19)17-10-6-4-3-5-9(10)12(13,14)15/h3-6H,2,7-8,16H2,1H3,(H,17,19). The van der Waals surface area contributed by atoms with E-state index in [-0.39, 0.29) is 18.8 Å². The highest BCUT2D eigenvalue weighted by atomic mass is 19.4. The van der Waals surface area contributed by atoms with E-state index >= 15 is 0 Å². The molecule has 0 spiro atoms. The third-order valence-corrected chi connectivity index (χ3v) is 2.54. The van der Waals surface area contributed by atoms with Crippen molar-refractivity contribution >= 4 is 11.7 Å². The Labute approximate surface area is 109 Å². The van der Waals surface area contributed by atoms with Gasteiger partial charge < -0.3 is 16.0 Å². The zero-order valence-electron chi connectivity index (χ0n) is 10.5. The number of hydrogen-bond donors (Lipinski definition) is 2. The Balaban J connectivity index is 2.91. The van der Waals surface area contributed by atoms with E-state index in [9.17, 15) is 18.0 Å². The highest BCUT2D eigenvalue weighted by molar-refractivity contribution is 5.90. The monoisotopic (exact) mass is 275 g/mol. The minimum atomic E-state index is -4.51. The van der Waals surface area contributed by atoms with Crippen LogP contribution in [0.15, 0.2) is 24.3 Å². The number of halogens is 3. The third kappa shape index (κ3) is 4.13. The minimum absolute atomic E-state index is 0.252. The average molecular weight is 275 g/mol. The topological polar surface area (TPSA) is 58.4 Å². The van der Waals surface area contributed by atoms with E-state index in [2.05, 4.69) is 5.32 Å². The van der Waals surface area contributed by atoms with Crippen LogP contribution in [0.4, 0.5) is 23.7 Å². The normalized spacial score (nSPS) is 11.2. The van der Waals surface area contributed by atoms with E-state index in [0.29, 0.717) is 6.54 Å². The highest BCUT2D eigenvalue weighted by Gasteiger charge is 2.33. The Morgan fingerprint density at radius 3 is 2.53 bits per heavy atom. The Morgan fingerprint density at radius 2 is 2.00 bits per heavy atom. The Morgan fingerprint density at radius 1 is 1.37 bits per heavy atom. The van der Waals surface area contributed by atoms with Gasteiger partial charge in [0.05, 0.1) is 11.3 Å². The number of amides is 2. The van der Waals surface area contributed by atoms with Gasteiger partial charge in [0, 0.05) is 19.6 Å². The first kappa shape index (κ1) is 15.3. The summed E-state index contributed by atoms with van der Waals surface area (Å²) in [6.07, 6.45) is -4.51. The van der Waals surface area contributed by atoms with Gasteiger partial charge >= 0.3 is 12.2 Å². The van der Waals surface area contributed by atoms with E-state index in [0.717, 1.165) is 6.07 Å². The highest BCUT2D eigenvalue weighted by Crippen LogP contribution is 2.34. The van der Waals surface area contributed by atoms with Crippen LogP contribution in [-0.2, 0) is 6.18 Å². The van der Waals surface area contributed by atoms with Crippen LogP contribution in [0.25, 0.3) is 0 Å². The molecule has 0 saturated heterocycles. The molecule has 0 heterocycles. The maximum Gasteiger partial charge on any atom is 0.418 e. The lowest BCUT2D eigenvalue weighted by atomic mass is 10.1. The molecule has 106 valence electrons. The molecule has 0 aliphatic heterocycles. The zero-order valence-corrected chi connectivity index (χ0v) is 10.5. The summed E-state index contributed by atoms with van der Waals surface area (Å²) in [5.74, 6) is 0. The van der Waals surface area contributed by atoms with Gasteiger partial charge in [0.1, 0.15) is 0 Å². The second-order valence-corrected chi connectivity index (χ2v) is 3.84. The summed E-state index contributed by atoms with van der Waals surface area (Å²) in [6, 6.07) is 4.26. The van der Waals surface area contributed by atoms with Crippen molar-refractivity contribution in [2.45, 2.75) is 13.1 Å². The number of para-hydroxylation sites is 1. The predicted octanol–water partition coefficient (Wildman–Crippen LogP) is 2.52. The fourth-order valence-electron chi connectivity index (χ4n) is 1.59. The first-order valence-corrected chi connectivity index (χ1v) is 5.82. The average Bonchev–Trinajstić information content (AvgIpc) is 2.35. The summed E-state index contributed by atoms with van der Waals surface area (Å²) >= 11 is 0. The van der Waals surface area contributed by atoms with Crippen molar-refractivity contribution in [2.24, 2.45) is 5.73 Å². The van der Waals surface area contributed by atoms with E-state index in [4.69, 9.17) is 5.73 Å². The number of hydrogen-bond acceptors (Lipinski definition) is 2. The molecule has 0 bridgehead atoms. The smallest absolute Gasteiger partial charge is 0.329 e. The van der Waals surface area contributed by atoms with Gasteiger partial charge in [-0.1, -0.05) is 12.1 Å². The van der Waals surface area contributed by atoms with Gasteiger partial charge in [-0.15, -0.1) is 0 Å². The van der Waals surface area contributed by atoms with Crippen LogP contribution in [0.3, 0.4) is 0 Å². The van der Waals surface area contributed by atoms with Crippen molar-refractivity contribution in [3.63, 3.8) is 0 Å². The van der Waals surface area contributed by atoms with Crippen LogP contribution in [0, 0.1) is 0 Å². The number of carbonyl (C=O) groups excluding carboxylic acids is 1. The first-order chi connectivity index (χ1) is 8.90. The number of carbonyl (C=O) groups is 1. The molecular weight excluding hydrogens is 259 g/mol. The van der Waals surface area contributed by atoms with Crippen LogP contribution in [0.2, 0.25) is 0 Å². The molecule has 0 aliphatic carbocycles. The zero-order chi connectivity index (χ0) is 14.5. The number of likely N-dealkylation sites (N-methyl/N-ethyl adjacent to an activating group) is 1. The van der Waals surface area contributed by atoms with Crippen molar-refractivity contribution in [3.8, 4) is 0 Å². The number of benzene rings is 1. The SMILES string of the molecule is CCN(CCN)C(=O)Nc1ccccc1C(F)(F)F. The van der Waals surface area contributed by atoms with Crippen molar-refractivity contribution in [3.05, 3.63) is 29.8 Å². The van der Waals surface area contributed by atoms with Crippen molar-refractivity contribution < 1.29 is 18.0 Å². The second-order valence-electron chi connectivity index (χ2n) is 3.84. The molecular formula is C12H16F3N3O. The quantitative estimate of drug-likeness (QED) is 0.887. The lowest BCUT2D eigenvalue weighted by Gasteiger charge is -2.22. The summed E-state index contributed by atoms with van der Waals surface area (Å²) in [4.78, 5) is 13.1. The molecule has 0 atom stereocenters. The van der Waals surface area contributed by atoms with Gasteiger partial charge in [-0.2, -0.15) is 13.2 Å². The molecule has 0 unspecified atom stereocenters. The van der Waals surface area contributed by atoms with Crippen LogP contribution in [0.1, 0.15) is 12.5 Å². The Kier molecular flexibility index (Phi) is 5.17. The van der Waals surface area contributed by atoms with Crippen LogP contribution >= 0.6 is 0 Å². The molecule has 4 nitrogen and oxygen atoms in total. The van der Waals surface area contributed by atoms with Gasteiger partial charge in [-0.05, 0) is 19.1 Å². The minimum Gasteiger partial charge on any atom is -0.329 e. The molecule has 19 heavy (non-hydrogen) atoms. The summed E-state index contributed by atoms with van der Waals surface area (Å²) in [5.41, 5.74) is 4.21. The largest absolute Gasteiger partial charge is 0.418 e. The fraction of sp³-hybridized carbons (Fsp3) is 0.417. The van der Waals surface area contributed by atoms with Crippen molar-refractivity contribution in [1.29, 1.82) is 0 Å².